The average Bonchev–Trinajstić information content (AvgIpc) is 2.93. The fourth-order valence-electron chi connectivity index (χ4n) is 1.80. The standard InChI is InChI=1S/C12H10BrN3S/c13-11-5-4-10(17-11)9-7-16-8(6-14)2-1-3-12(16)15-9/h1-5,7H,6,14H2. The van der Waals surface area contributed by atoms with Gasteiger partial charge in [0, 0.05) is 18.4 Å². The number of fused-ring (bicyclic) bond motifs is 1. The van der Waals surface area contributed by atoms with E-state index in [4.69, 9.17) is 5.73 Å². The molecule has 0 fully saturated rings. The van der Waals surface area contributed by atoms with Crippen molar-refractivity contribution in [2.75, 3.05) is 0 Å². The molecule has 2 N–H and O–H groups in total. The molecule has 0 saturated carbocycles. The minimum absolute atomic E-state index is 0.515. The van der Waals surface area contributed by atoms with Gasteiger partial charge in [0.1, 0.15) is 5.65 Å². The number of thiophene rings is 1. The number of nitrogens with two attached hydrogens (primary N) is 1. The fraction of sp³-hybridized carbons (Fsp3) is 0.0833. The zero-order valence-corrected chi connectivity index (χ0v) is 11.3. The Kier molecular flexibility index (Phi) is 2.74. The SMILES string of the molecule is NCc1cccc2nc(-c3ccc(Br)s3)cn12. The van der Waals surface area contributed by atoms with Crippen LogP contribution in [-0.4, -0.2) is 9.38 Å². The summed E-state index contributed by atoms with van der Waals surface area (Å²) in [6, 6.07) is 10.1. The lowest BCUT2D eigenvalue weighted by Crippen LogP contribution is -2.02. The van der Waals surface area contributed by atoms with Crippen molar-refractivity contribution in [2.45, 2.75) is 6.54 Å². The third kappa shape index (κ3) is 1.90. The molecule has 0 atom stereocenters. The Morgan fingerprint density at radius 3 is 2.88 bits per heavy atom. The van der Waals surface area contributed by atoms with Crippen LogP contribution in [0.4, 0.5) is 0 Å². The first kappa shape index (κ1) is 11.0. The van der Waals surface area contributed by atoms with Gasteiger partial charge in [-0.2, -0.15) is 0 Å². The van der Waals surface area contributed by atoms with Crippen LogP contribution in [0.15, 0.2) is 40.3 Å². The van der Waals surface area contributed by atoms with Crippen molar-refractivity contribution in [2.24, 2.45) is 5.73 Å². The summed E-state index contributed by atoms with van der Waals surface area (Å²) in [5, 5.41) is 0. The third-order valence-electron chi connectivity index (χ3n) is 2.61. The Bertz CT molecular complexity index is 671. The maximum atomic E-state index is 5.71. The van der Waals surface area contributed by atoms with Crippen molar-refractivity contribution in [3.05, 3.63) is 46.0 Å². The van der Waals surface area contributed by atoms with Gasteiger partial charge in [0.2, 0.25) is 0 Å². The van der Waals surface area contributed by atoms with Gasteiger partial charge in [0.25, 0.3) is 0 Å². The number of hydrogen-bond acceptors (Lipinski definition) is 3. The second-order valence-corrected chi connectivity index (χ2v) is 6.14. The molecule has 0 aliphatic rings. The first-order valence-electron chi connectivity index (χ1n) is 5.21. The van der Waals surface area contributed by atoms with Crippen LogP contribution >= 0.6 is 27.3 Å². The Labute approximate surface area is 111 Å². The van der Waals surface area contributed by atoms with Gasteiger partial charge in [0.05, 0.1) is 14.4 Å². The van der Waals surface area contributed by atoms with Gasteiger partial charge in [-0.1, -0.05) is 6.07 Å². The van der Waals surface area contributed by atoms with E-state index in [1.807, 2.05) is 34.9 Å². The van der Waals surface area contributed by atoms with Crippen molar-refractivity contribution in [1.82, 2.24) is 9.38 Å². The first-order valence-corrected chi connectivity index (χ1v) is 6.81. The highest BCUT2D eigenvalue weighted by atomic mass is 79.9. The molecule has 0 spiro atoms. The predicted octanol–water partition coefficient (Wildman–Crippen LogP) is 3.28. The van der Waals surface area contributed by atoms with Gasteiger partial charge in [-0.3, -0.25) is 0 Å². The molecule has 5 heteroatoms. The molecule has 3 heterocycles. The lowest BCUT2D eigenvalue weighted by atomic mass is 10.3. The zero-order valence-electron chi connectivity index (χ0n) is 8.93. The summed E-state index contributed by atoms with van der Waals surface area (Å²) in [6.45, 7) is 0.515. The van der Waals surface area contributed by atoms with E-state index in [0.717, 1.165) is 25.7 Å². The van der Waals surface area contributed by atoms with Crippen LogP contribution in [-0.2, 0) is 6.54 Å². The normalized spacial score (nSPS) is 11.2. The van der Waals surface area contributed by atoms with Gasteiger partial charge >= 0.3 is 0 Å². The number of imidazole rings is 1. The third-order valence-corrected chi connectivity index (χ3v) is 4.26. The second-order valence-electron chi connectivity index (χ2n) is 3.68. The van der Waals surface area contributed by atoms with Crippen molar-refractivity contribution in [1.29, 1.82) is 0 Å². The minimum Gasteiger partial charge on any atom is -0.325 e. The molecule has 0 amide bonds. The Morgan fingerprint density at radius 2 is 2.18 bits per heavy atom. The number of nitrogens with zero attached hydrogens (tertiary/aromatic N) is 2. The summed E-state index contributed by atoms with van der Waals surface area (Å²) in [4.78, 5) is 5.76. The molecule has 0 aromatic carbocycles. The summed E-state index contributed by atoms with van der Waals surface area (Å²) in [5.41, 5.74) is 8.71. The van der Waals surface area contributed by atoms with Crippen LogP contribution in [0, 0.1) is 0 Å². The average molecular weight is 308 g/mol. The zero-order chi connectivity index (χ0) is 11.8. The van der Waals surface area contributed by atoms with Crippen LogP contribution in [0.1, 0.15) is 5.69 Å². The van der Waals surface area contributed by atoms with Gasteiger partial charge in [-0.05, 0) is 40.2 Å². The number of rotatable bonds is 2. The monoisotopic (exact) mass is 307 g/mol. The van der Waals surface area contributed by atoms with E-state index in [1.54, 1.807) is 11.3 Å². The molecule has 0 aliphatic carbocycles. The van der Waals surface area contributed by atoms with Crippen molar-refractivity contribution in [3.63, 3.8) is 0 Å². The van der Waals surface area contributed by atoms with E-state index < -0.39 is 0 Å². The molecular weight excluding hydrogens is 298 g/mol. The summed E-state index contributed by atoms with van der Waals surface area (Å²) < 4.78 is 3.16. The van der Waals surface area contributed by atoms with Crippen LogP contribution in [0.25, 0.3) is 16.2 Å². The van der Waals surface area contributed by atoms with E-state index >= 15 is 0 Å². The van der Waals surface area contributed by atoms with Crippen molar-refractivity contribution < 1.29 is 0 Å². The molecule has 0 unspecified atom stereocenters. The van der Waals surface area contributed by atoms with Crippen molar-refractivity contribution in [3.8, 4) is 10.6 Å². The topological polar surface area (TPSA) is 43.3 Å². The highest BCUT2D eigenvalue weighted by Crippen LogP contribution is 2.30. The van der Waals surface area contributed by atoms with E-state index in [9.17, 15) is 0 Å². The first-order chi connectivity index (χ1) is 8.28. The lowest BCUT2D eigenvalue weighted by molar-refractivity contribution is 0.946. The number of halogens is 1. The van der Waals surface area contributed by atoms with Gasteiger partial charge in [-0.15, -0.1) is 11.3 Å². The maximum absolute atomic E-state index is 5.71. The largest absolute Gasteiger partial charge is 0.325 e. The van der Waals surface area contributed by atoms with E-state index in [2.05, 4.69) is 27.0 Å². The molecule has 17 heavy (non-hydrogen) atoms. The van der Waals surface area contributed by atoms with Crippen LogP contribution in [0.5, 0.6) is 0 Å². The molecule has 3 nitrogen and oxygen atoms in total. The summed E-state index contributed by atoms with van der Waals surface area (Å²) >= 11 is 5.14. The molecule has 3 rings (SSSR count). The minimum atomic E-state index is 0.515. The van der Waals surface area contributed by atoms with E-state index in [-0.39, 0.29) is 0 Å². The maximum Gasteiger partial charge on any atom is 0.137 e. The van der Waals surface area contributed by atoms with E-state index in [1.165, 1.54) is 0 Å². The molecule has 0 bridgehead atoms. The molecule has 86 valence electrons. The molecule has 0 aliphatic heterocycles. The van der Waals surface area contributed by atoms with Gasteiger partial charge in [0.15, 0.2) is 0 Å². The molecule has 3 aromatic rings. The van der Waals surface area contributed by atoms with E-state index in [0.29, 0.717) is 6.54 Å². The smallest absolute Gasteiger partial charge is 0.137 e. The van der Waals surface area contributed by atoms with Crippen LogP contribution < -0.4 is 5.73 Å². The Morgan fingerprint density at radius 1 is 1.29 bits per heavy atom. The number of aromatic nitrogens is 2. The summed E-state index contributed by atoms with van der Waals surface area (Å²) in [6.07, 6.45) is 2.04. The predicted molar refractivity (Wildman–Crippen MR) is 74.1 cm³/mol. The molecule has 0 radical (unpaired) electrons. The second kappa shape index (κ2) is 4.25. The van der Waals surface area contributed by atoms with Crippen molar-refractivity contribution >= 4 is 32.9 Å². The number of pyridine rings is 1. The Hall–Kier alpha value is -1.17. The lowest BCUT2D eigenvalue weighted by Gasteiger charge is -1.99. The molecule has 3 aromatic heterocycles. The highest BCUT2D eigenvalue weighted by Gasteiger charge is 2.08. The number of hydrogen-bond donors (Lipinski definition) is 1. The molecule has 0 saturated heterocycles. The van der Waals surface area contributed by atoms with Gasteiger partial charge in [-0.25, -0.2) is 4.98 Å². The van der Waals surface area contributed by atoms with Crippen LogP contribution in [0.3, 0.4) is 0 Å². The molecular formula is C12H10BrN3S. The summed E-state index contributed by atoms with van der Waals surface area (Å²) in [7, 11) is 0. The van der Waals surface area contributed by atoms with Crippen LogP contribution in [0.2, 0.25) is 0 Å². The Balaban J connectivity index is 2.19. The van der Waals surface area contributed by atoms with Gasteiger partial charge < -0.3 is 10.1 Å². The quantitative estimate of drug-likeness (QED) is 0.789. The fourth-order valence-corrected chi connectivity index (χ4v) is 3.15. The summed E-state index contributed by atoms with van der Waals surface area (Å²) in [5.74, 6) is 0. The highest BCUT2D eigenvalue weighted by molar-refractivity contribution is 9.11.